The Labute approximate surface area is 93.4 Å². The first kappa shape index (κ1) is 11.4. The Morgan fingerprint density at radius 3 is 2.40 bits per heavy atom. The maximum absolute atomic E-state index is 5.73. The molecule has 1 saturated heterocycles. The fraction of sp³-hybridized carbons (Fsp3) is 1.00. The van der Waals surface area contributed by atoms with Gasteiger partial charge in [0, 0.05) is 11.6 Å². The summed E-state index contributed by atoms with van der Waals surface area (Å²) < 4.78 is 0. The Hall–Kier alpha value is -0.120. The van der Waals surface area contributed by atoms with Crippen LogP contribution in [0.3, 0.4) is 0 Å². The first-order chi connectivity index (χ1) is 7.14. The average Bonchev–Trinajstić information content (AvgIpc) is 2.83. The number of hydrogen-bond acceptors (Lipinski definition) is 3. The van der Waals surface area contributed by atoms with Gasteiger partial charge in [-0.2, -0.15) is 0 Å². The summed E-state index contributed by atoms with van der Waals surface area (Å²) in [5.74, 6) is 6.66. The third-order valence-corrected chi connectivity index (χ3v) is 4.24. The standard InChI is InChI=1S/C12H25N3/c1-12(2,15-7-3-4-8-15)11(14-13)9-10-5-6-10/h10-11,14H,3-9,13H2,1-2H3. The molecule has 15 heavy (non-hydrogen) atoms. The summed E-state index contributed by atoms with van der Waals surface area (Å²) in [6, 6.07) is 0.447. The molecule has 0 aromatic rings. The first-order valence-corrected chi connectivity index (χ1v) is 6.36. The second kappa shape index (κ2) is 4.40. The van der Waals surface area contributed by atoms with Gasteiger partial charge >= 0.3 is 0 Å². The number of likely N-dealkylation sites (tertiary alicyclic amines) is 1. The molecule has 0 aromatic carbocycles. The highest BCUT2D eigenvalue weighted by atomic mass is 15.3. The van der Waals surface area contributed by atoms with Gasteiger partial charge in [0.05, 0.1) is 0 Å². The Morgan fingerprint density at radius 2 is 1.93 bits per heavy atom. The van der Waals surface area contributed by atoms with Crippen LogP contribution in [-0.2, 0) is 0 Å². The van der Waals surface area contributed by atoms with E-state index in [-0.39, 0.29) is 5.54 Å². The van der Waals surface area contributed by atoms with Gasteiger partial charge < -0.3 is 0 Å². The van der Waals surface area contributed by atoms with Crippen molar-refractivity contribution in [3.63, 3.8) is 0 Å². The molecule has 1 aliphatic carbocycles. The van der Waals surface area contributed by atoms with Crippen molar-refractivity contribution in [1.29, 1.82) is 0 Å². The quantitative estimate of drug-likeness (QED) is 0.535. The van der Waals surface area contributed by atoms with Crippen LogP contribution in [0.2, 0.25) is 0 Å². The van der Waals surface area contributed by atoms with Crippen molar-refractivity contribution < 1.29 is 0 Å². The molecule has 1 saturated carbocycles. The summed E-state index contributed by atoms with van der Waals surface area (Å²) in [5.41, 5.74) is 3.26. The van der Waals surface area contributed by atoms with Gasteiger partial charge in [-0.15, -0.1) is 0 Å². The SMILES string of the molecule is CC(C)(C(CC1CC1)NN)N1CCCC1. The Bertz CT molecular complexity index is 205. The summed E-state index contributed by atoms with van der Waals surface area (Å²) in [7, 11) is 0. The van der Waals surface area contributed by atoms with Gasteiger partial charge in [0.2, 0.25) is 0 Å². The Kier molecular flexibility index (Phi) is 3.33. The molecule has 1 aliphatic heterocycles. The van der Waals surface area contributed by atoms with Crippen LogP contribution in [0.4, 0.5) is 0 Å². The summed E-state index contributed by atoms with van der Waals surface area (Å²) >= 11 is 0. The maximum atomic E-state index is 5.73. The van der Waals surface area contributed by atoms with Crippen molar-refractivity contribution in [2.24, 2.45) is 11.8 Å². The molecule has 1 unspecified atom stereocenters. The highest BCUT2D eigenvalue weighted by molar-refractivity contribution is 4.96. The third-order valence-electron chi connectivity index (χ3n) is 4.24. The second-order valence-corrected chi connectivity index (χ2v) is 5.75. The van der Waals surface area contributed by atoms with Crippen LogP contribution in [0.5, 0.6) is 0 Å². The number of hydrogen-bond donors (Lipinski definition) is 2. The van der Waals surface area contributed by atoms with E-state index in [0.29, 0.717) is 6.04 Å². The van der Waals surface area contributed by atoms with Crippen molar-refractivity contribution in [1.82, 2.24) is 10.3 Å². The van der Waals surface area contributed by atoms with Gasteiger partial charge in [-0.3, -0.25) is 16.2 Å². The van der Waals surface area contributed by atoms with E-state index in [1.165, 1.54) is 45.2 Å². The van der Waals surface area contributed by atoms with Crippen LogP contribution in [0.25, 0.3) is 0 Å². The smallest absolute Gasteiger partial charge is 0.0392 e. The number of hydrazine groups is 1. The molecule has 0 radical (unpaired) electrons. The fourth-order valence-electron chi connectivity index (χ4n) is 2.76. The number of nitrogens with two attached hydrogens (primary N) is 1. The molecule has 0 bridgehead atoms. The van der Waals surface area contributed by atoms with Crippen LogP contribution in [0.1, 0.15) is 46.0 Å². The second-order valence-electron chi connectivity index (χ2n) is 5.75. The van der Waals surface area contributed by atoms with E-state index in [2.05, 4.69) is 24.2 Å². The highest BCUT2D eigenvalue weighted by Gasteiger charge is 2.39. The van der Waals surface area contributed by atoms with E-state index in [0.717, 1.165) is 5.92 Å². The molecule has 3 heteroatoms. The van der Waals surface area contributed by atoms with Gasteiger partial charge in [0.15, 0.2) is 0 Å². The van der Waals surface area contributed by atoms with Crippen molar-refractivity contribution >= 4 is 0 Å². The molecule has 3 N–H and O–H groups in total. The lowest BCUT2D eigenvalue weighted by molar-refractivity contribution is 0.0997. The third kappa shape index (κ3) is 2.52. The number of rotatable bonds is 5. The topological polar surface area (TPSA) is 41.3 Å². The lowest BCUT2D eigenvalue weighted by atomic mass is 9.89. The molecular weight excluding hydrogens is 186 g/mol. The van der Waals surface area contributed by atoms with E-state index >= 15 is 0 Å². The summed E-state index contributed by atoms with van der Waals surface area (Å²) in [6.45, 7) is 7.17. The van der Waals surface area contributed by atoms with Crippen LogP contribution in [-0.4, -0.2) is 29.6 Å². The molecule has 1 heterocycles. The van der Waals surface area contributed by atoms with Crippen LogP contribution in [0, 0.1) is 5.92 Å². The summed E-state index contributed by atoms with van der Waals surface area (Å²) in [6.07, 6.45) is 6.77. The zero-order valence-corrected chi connectivity index (χ0v) is 10.1. The van der Waals surface area contributed by atoms with Gasteiger partial charge in [-0.25, -0.2) is 0 Å². The molecule has 0 amide bonds. The van der Waals surface area contributed by atoms with Gasteiger partial charge in [-0.1, -0.05) is 12.8 Å². The van der Waals surface area contributed by atoms with Gasteiger partial charge in [0.1, 0.15) is 0 Å². The molecule has 88 valence electrons. The van der Waals surface area contributed by atoms with Crippen LogP contribution in [0.15, 0.2) is 0 Å². The lowest BCUT2D eigenvalue weighted by Gasteiger charge is -2.42. The Balaban J connectivity index is 1.95. The normalized spacial score (nSPS) is 25.8. The molecule has 0 spiro atoms. The predicted molar refractivity (Wildman–Crippen MR) is 63.3 cm³/mol. The van der Waals surface area contributed by atoms with Crippen molar-refractivity contribution in [2.45, 2.75) is 57.5 Å². The van der Waals surface area contributed by atoms with Crippen molar-refractivity contribution in [2.75, 3.05) is 13.1 Å². The highest BCUT2D eigenvalue weighted by Crippen LogP contribution is 2.37. The van der Waals surface area contributed by atoms with Crippen molar-refractivity contribution in [3.05, 3.63) is 0 Å². The molecule has 2 rings (SSSR count). The minimum absolute atomic E-state index is 0.216. The summed E-state index contributed by atoms with van der Waals surface area (Å²) in [5, 5.41) is 0. The van der Waals surface area contributed by atoms with Crippen molar-refractivity contribution in [3.8, 4) is 0 Å². The van der Waals surface area contributed by atoms with E-state index < -0.39 is 0 Å². The zero-order valence-electron chi connectivity index (χ0n) is 10.1. The van der Waals surface area contributed by atoms with Gasteiger partial charge in [-0.05, 0) is 52.1 Å². The van der Waals surface area contributed by atoms with Crippen LogP contribution < -0.4 is 11.3 Å². The molecule has 0 aromatic heterocycles. The molecular formula is C12H25N3. The van der Waals surface area contributed by atoms with E-state index in [1.54, 1.807) is 0 Å². The maximum Gasteiger partial charge on any atom is 0.0392 e. The first-order valence-electron chi connectivity index (χ1n) is 6.36. The number of nitrogens with zero attached hydrogens (tertiary/aromatic N) is 1. The molecule has 1 atom stereocenters. The summed E-state index contributed by atoms with van der Waals surface area (Å²) in [4.78, 5) is 2.60. The monoisotopic (exact) mass is 211 g/mol. The molecule has 2 fully saturated rings. The number of nitrogens with one attached hydrogen (secondary N) is 1. The van der Waals surface area contributed by atoms with E-state index in [4.69, 9.17) is 5.84 Å². The average molecular weight is 211 g/mol. The minimum Gasteiger partial charge on any atom is -0.297 e. The van der Waals surface area contributed by atoms with Crippen LogP contribution >= 0.6 is 0 Å². The lowest BCUT2D eigenvalue weighted by Crippen LogP contribution is -2.58. The van der Waals surface area contributed by atoms with E-state index in [9.17, 15) is 0 Å². The molecule has 2 aliphatic rings. The minimum atomic E-state index is 0.216. The zero-order chi connectivity index (χ0) is 10.9. The predicted octanol–water partition coefficient (Wildman–Crippen LogP) is 1.49. The largest absolute Gasteiger partial charge is 0.297 e. The van der Waals surface area contributed by atoms with E-state index in [1.807, 2.05) is 0 Å². The van der Waals surface area contributed by atoms with Gasteiger partial charge in [0.25, 0.3) is 0 Å². The molecule has 3 nitrogen and oxygen atoms in total. The fourth-order valence-corrected chi connectivity index (χ4v) is 2.76. The Morgan fingerprint density at radius 1 is 1.33 bits per heavy atom.